The van der Waals surface area contributed by atoms with Crippen LogP contribution < -0.4 is 10.1 Å². The number of amides is 1. The van der Waals surface area contributed by atoms with Gasteiger partial charge in [-0.15, -0.1) is 0 Å². The Labute approximate surface area is 146 Å². The molecule has 2 fully saturated rings. The summed E-state index contributed by atoms with van der Waals surface area (Å²) in [6.45, 7) is 0. The summed E-state index contributed by atoms with van der Waals surface area (Å²) >= 11 is 1.27. The van der Waals surface area contributed by atoms with Crippen molar-refractivity contribution >= 4 is 28.3 Å². The van der Waals surface area contributed by atoms with Crippen molar-refractivity contribution in [2.75, 3.05) is 14.2 Å². The number of benzene rings is 1. The number of carbonyl (C=O) groups is 1. The lowest BCUT2D eigenvalue weighted by molar-refractivity contribution is 0.0464. The predicted octanol–water partition coefficient (Wildman–Crippen LogP) is 3.05. The fourth-order valence-electron chi connectivity index (χ4n) is 4.20. The fraction of sp³-hybridized carbons (Fsp3) is 0.556. The zero-order valence-corrected chi connectivity index (χ0v) is 14.9. The van der Waals surface area contributed by atoms with Crippen molar-refractivity contribution in [3.05, 3.63) is 23.1 Å². The molecule has 5 nitrogen and oxygen atoms in total. The molecule has 2 bridgehead atoms. The Morgan fingerprint density at radius 2 is 2.08 bits per heavy atom. The quantitative estimate of drug-likeness (QED) is 0.929. The zero-order chi connectivity index (χ0) is 16.7. The van der Waals surface area contributed by atoms with Crippen molar-refractivity contribution in [3.63, 3.8) is 0 Å². The van der Waals surface area contributed by atoms with E-state index in [0.717, 1.165) is 29.5 Å². The van der Waals surface area contributed by atoms with E-state index in [1.165, 1.54) is 30.8 Å². The molecular weight excluding hydrogens is 322 g/mol. The smallest absolute Gasteiger partial charge is 0.263 e. The summed E-state index contributed by atoms with van der Waals surface area (Å²) in [6, 6.07) is 7.20. The number of rotatable bonds is 3. The molecule has 2 aliphatic heterocycles. The summed E-state index contributed by atoms with van der Waals surface area (Å²) < 4.78 is 9.63. The molecule has 2 saturated heterocycles. The van der Waals surface area contributed by atoms with Gasteiger partial charge < -0.3 is 15.0 Å². The molecule has 3 heterocycles. The van der Waals surface area contributed by atoms with Crippen molar-refractivity contribution in [2.24, 2.45) is 0 Å². The van der Waals surface area contributed by atoms with Gasteiger partial charge in [0.1, 0.15) is 10.6 Å². The first-order valence-corrected chi connectivity index (χ1v) is 9.39. The fourth-order valence-corrected chi connectivity index (χ4v) is 4.95. The normalized spacial score (nSPS) is 27.2. The molecule has 24 heavy (non-hydrogen) atoms. The van der Waals surface area contributed by atoms with Crippen molar-refractivity contribution in [3.8, 4) is 5.75 Å². The van der Waals surface area contributed by atoms with Crippen molar-refractivity contribution in [1.82, 2.24) is 14.6 Å². The van der Waals surface area contributed by atoms with Crippen molar-refractivity contribution < 1.29 is 9.53 Å². The van der Waals surface area contributed by atoms with E-state index in [1.54, 1.807) is 7.11 Å². The standard InChI is InChI=1S/C18H23N3O2S/c1-21-12-4-3-5-13(21)9-11(8-12)19-18(22)17-15-7-6-14(23-2)10-16(15)20-24-17/h6-7,10-13H,3-5,8-9H2,1-2H3,(H,19,22). The third kappa shape index (κ3) is 2.78. The molecule has 2 aromatic rings. The highest BCUT2D eigenvalue weighted by Crippen LogP contribution is 2.33. The Morgan fingerprint density at radius 3 is 2.79 bits per heavy atom. The van der Waals surface area contributed by atoms with Gasteiger partial charge in [0.2, 0.25) is 0 Å². The van der Waals surface area contributed by atoms with Crippen molar-refractivity contribution in [2.45, 2.75) is 50.2 Å². The van der Waals surface area contributed by atoms with Crippen LogP contribution in [-0.2, 0) is 0 Å². The van der Waals surface area contributed by atoms with E-state index in [9.17, 15) is 4.79 Å². The predicted molar refractivity (Wildman–Crippen MR) is 95.9 cm³/mol. The first kappa shape index (κ1) is 15.8. The minimum Gasteiger partial charge on any atom is -0.497 e. The minimum atomic E-state index is 0.0142. The first-order chi connectivity index (χ1) is 11.7. The molecule has 2 aliphatic rings. The SMILES string of the molecule is COc1ccc2c(C(=O)NC3CC4CCCC(C3)N4C)snc2c1. The van der Waals surface area contributed by atoms with Gasteiger partial charge in [-0.05, 0) is 56.4 Å². The molecule has 2 atom stereocenters. The highest BCUT2D eigenvalue weighted by atomic mass is 32.1. The van der Waals surface area contributed by atoms with E-state index in [1.807, 2.05) is 18.2 Å². The molecule has 1 N–H and O–H groups in total. The summed E-state index contributed by atoms with van der Waals surface area (Å²) in [6.07, 6.45) is 5.94. The highest BCUT2D eigenvalue weighted by molar-refractivity contribution is 7.09. The molecule has 2 unspecified atom stereocenters. The Morgan fingerprint density at radius 1 is 1.33 bits per heavy atom. The molecule has 6 heteroatoms. The lowest BCUT2D eigenvalue weighted by Crippen LogP contribution is -2.55. The highest BCUT2D eigenvalue weighted by Gasteiger charge is 2.36. The lowest BCUT2D eigenvalue weighted by atomic mass is 9.82. The molecule has 1 aromatic heterocycles. The van der Waals surface area contributed by atoms with Gasteiger partial charge >= 0.3 is 0 Å². The average molecular weight is 345 g/mol. The summed E-state index contributed by atoms with van der Waals surface area (Å²) in [5.41, 5.74) is 0.824. The number of carbonyl (C=O) groups excluding carboxylic acids is 1. The largest absolute Gasteiger partial charge is 0.497 e. The van der Waals surface area contributed by atoms with E-state index in [-0.39, 0.29) is 11.9 Å². The van der Waals surface area contributed by atoms with Crippen LogP contribution in [0.2, 0.25) is 0 Å². The molecule has 1 aromatic carbocycles. The molecule has 128 valence electrons. The number of piperidine rings is 2. The Balaban J connectivity index is 1.50. The maximum Gasteiger partial charge on any atom is 0.263 e. The first-order valence-electron chi connectivity index (χ1n) is 8.62. The van der Waals surface area contributed by atoms with Crippen LogP contribution >= 0.6 is 11.5 Å². The van der Waals surface area contributed by atoms with Gasteiger partial charge in [-0.3, -0.25) is 4.79 Å². The third-order valence-electron chi connectivity index (χ3n) is 5.57. The van der Waals surface area contributed by atoms with Crippen LogP contribution in [0.1, 0.15) is 41.8 Å². The molecule has 0 saturated carbocycles. The monoisotopic (exact) mass is 345 g/mol. The molecule has 1 amide bonds. The summed E-state index contributed by atoms with van der Waals surface area (Å²) in [5.74, 6) is 0.781. The maximum absolute atomic E-state index is 12.8. The molecule has 0 spiro atoms. The molecule has 4 rings (SSSR count). The van der Waals surface area contributed by atoms with Gasteiger partial charge in [-0.2, -0.15) is 4.37 Å². The van der Waals surface area contributed by atoms with E-state index in [0.29, 0.717) is 17.0 Å². The van der Waals surface area contributed by atoms with Crippen LogP contribution in [0.5, 0.6) is 5.75 Å². The number of nitrogens with one attached hydrogen (secondary N) is 1. The van der Waals surface area contributed by atoms with E-state index >= 15 is 0 Å². The number of aromatic nitrogens is 1. The van der Waals surface area contributed by atoms with Crippen LogP contribution in [0.25, 0.3) is 10.9 Å². The Hall–Kier alpha value is -1.66. The van der Waals surface area contributed by atoms with Gasteiger partial charge in [0.05, 0.1) is 12.6 Å². The second-order valence-electron chi connectivity index (χ2n) is 6.94. The van der Waals surface area contributed by atoms with Gasteiger partial charge in [0.15, 0.2) is 0 Å². The van der Waals surface area contributed by atoms with E-state index in [4.69, 9.17) is 4.74 Å². The second-order valence-corrected chi connectivity index (χ2v) is 7.71. The Bertz CT molecular complexity index is 746. The second kappa shape index (κ2) is 6.33. The van der Waals surface area contributed by atoms with Crippen LogP contribution in [0.3, 0.4) is 0 Å². The number of fused-ring (bicyclic) bond motifs is 3. The number of hydrogen-bond acceptors (Lipinski definition) is 5. The van der Waals surface area contributed by atoms with Crippen LogP contribution in [0.4, 0.5) is 0 Å². The summed E-state index contributed by atoms with van der Waals surface area (Å²) in [5, 5.41) is 4.17. The third-order valence-corrected chi connectivity index (χ3v) is 6.44. The molecule has 0 radical (unpaired) electrons. The summed E-state index contributed by atoms with van der Waals surface area (Å²) in [7, 11) is 3.87. The topological polar surface area (TPSA) is 54.5 Å². The van der Waals surface area contributed by atoms with Crippen molar-refractivity contribution in [1.29, 1.82) is 0 Å². The average Bonchev–Trinajstić information content (AvgIpc) is 2.98. The van der Waals surface area contributed by atoms with Crippen LogP contribution in [-0.4, -0.2) is 47.5 Å². The van der Waals surface area contributed by atoms with Gasteiger partial charge in [0.25, 0.3) is 5.91 Å². The number of methoxy groups -OCH3 is 1. The number of ether oxygens (including phenoxy) is 1. The van der Waals surface area contributed by atoms with E-state index < -0.39 is 0 Å². The summed E-state index contributed by atoms with van der Waals surface area (Å²) in [4.78, 5) is 16.0. The van der Waals surface area contributed by atoms with Gasteiger partial charge in [0, 0.05) is 29.6 Å². The van der Waals surface area contributed by atoms with Crippen LogP contribution in [0.15, 0.2) is 18.2 Å². The van der Waals surface area contributed by atoms with Gasteiger partial charge in [-0.25, -0.2) is 0 Å². The maximum atomic E-state index is 12.8. The van der Waals surface area contributed by atoms with Gasteiger partial charge in [-0.1, -0.05) is 6.42 Å². The lowest BCUT2D eigenvalue weighted by Gasteiger charge is -2.47. The van der Waals surface area contributed by atoms with E-state index in [2.05, 4.69) is 21.6 Å². The Kier molecular flexibility index (Phi) is 4.18. The molecule has 0 aliphatic carbocycles. The number of nitrogens with zero attached hydrogens (tertiary/aromatic N) is 2. The number of hydrogen-bond donors (Lipinski definition) is 1. The molecular formula is C18H23N3O2S. The minimum absolute atomic E-state index is 0.0142. The van der Waals surface area contributed by atoms with Crippen LogP contribution in [0, 0.1) is 0 Å². The zero-order valence-electron chi connectivity index (χ0n) is 14.1.